The second kappa shape index (κ2) is 8.73. The molecule has 2 aromatic rings. The van der Waals surface area contributed by atoms with Crippen molar-refractivity contribution in [3.63, 3.8) is 0 Å². The SMILES string of the molecule is CNc1cncc(C[C@@H]2COCCN(Cc3cccnc3NC)C2)n1. The number of ether oxygens (including phenoxy) is 1. The van der Waals surface area contributed by atoms with Gasteiger partial charge in [-0.05, 0) is 12.5 Å². The summed E-state index contributed by atoms with van der Waals surface area (Å²) >= 11 is 0. The van der Waals surface area contributed by atoms with Crippen LogP contribution in [0.25, 0.3) is 0 Å². The molecule has 1 aliphatic rings. The van der Waals surface area contributed by atoms with Crippen molar-refractivity contribution in [1.29, 1.82) is 0 Å². The molecule has 3 heterocycles. The highest BCUT2D eigenvalue weighted by molar-refractivity contribution is 5.42. The molecule has 7 heteroatoms. The van der Waals surface area contributed by atoms with Gasteiger partial charge in [0.1, 0.15) is 11.6 Å². The van der Waals surface area contributed by atoms with Gasteiger partial charge < -0.3 is 15.4 Å². The lowest BCUT2D eigenvalue weighted by Crippen LogP contribution is -2.31. The number of aromatic nitrogens is 3. The first-order valence-corrected chi connectivity index (χ1v) is 8.69. The van der Waals surface area contributed by atoms with Crippen LogP contribution in [0.2, 0.25) is 0 Å². The largest absolute Gasteiger partial charge is 0.380 e. The fraction of sp³-hybridized carbons (Fsp3) is 0.500. The molecule has 0 spiro atoms. The molecule has 1 atom stereocenters. The van der Waals surface area contributed by atoms with Crippen LogP contribution in [-0.4, -0.2) is 60.3 Å². The highest BCUT2D eigenvalue weighted by Crippen LogP contribution is 2.18. The van der Waals surface area contributed by atoms with Crippen LogP contribution in [0, 0.1) is 5.92 Å². The third-order valence-corrected chi connectivity index (χ3v) is 4.38. The van der Waals surface area contributed by atoms with Crippen molar-refractivity contribution in [3.05, 3.63) is 42.0 Å². The van der Waals surface area contributed by atoms with Crippen LogP contribution in [0.15, 0.2) is 30.7 Å². The molecule has 2 N–H and O–H groups in total. The summed E-state index contributed by atoms with van der Waals surface area (Å²) in [5.41, 5.74) is 2.21. The fourth-order valence-corrected chi connectivity index (χ4v) is 3.17. The topological polar surface area (TPSA) is 75.2 Å². The summed E-state index contributed by atoms with van der Waals surface area (Å²) in [6.07, 6.45) is 6.26. The third kappa shape index (κ3) is 4.87. The lowest BCUT2D eigenvalue weighted by molar-refractivity contribution is 0.121. The molecule has 1 fully saturated rings. The molecule has 3 rings (SSSR count). The first-order chi connectivity index (χ1) is 12.3. The first-order valence-electron chi connectivity index (χ1n) is 8.69. The van der Waals surface area contributed by atoms with Gasteiger partial charge in [0.25, 0.3) is 0 Å². The zero-order valence-corrected chi connectivity index (χ0v) is 14.9. The van der Waals surface area contributed by atoms with Gasteiger partial charge in [0.2, 0.25) is 0 Å². The number of rotatable bonds is 6. The van der Waals surface area contributed by atoms with Crippen LogP contribution in [0.1, 0.15) is 11.3 Å². The van der Waals surface area contributed by atoms with Gasteiger partial charge in [-0.25, -0.2) is 9.97 Å². The Morgan fingerprint density at radius 2 is 2.20 bits per heavy atom. The number of nitrogens with one attached hydrogen (secondary N) is 2. The zero-order chi connectivity index (χ0) is 17.5. The van der Waals surface area contributed by atoms with E-state index in [9.17, 15) is 0 Å². The van der Waals surface area contributed by atoms with E-state index in [1.54, 1.807) is 6.20 Å². The Balaban J connectivity index is 1.66. The Morgan fingerprint density at radius 3 is 3.04 bits per heavy atom. The number of hydrogen-bond donors (Lipinski definition) is 2. The fourth-order valence-electron chi connectivity index (χ4n) is 3.17. The van der Waals surface area contributed by atoms with Crippen molar-refractivity contribution in [2.75, 3.05) is 51.0 Å². The Kier molecular flexibility index (Phi) is 6.14. The summed E-state index contributed by atoms with van der Waals surface area (Å²) in [6, 6.07) is 4.11. The monoisotopic (exact) mass is 342 g/mol. The van der Waals surface area contributed by atoms with E-state index >= 15 is 0 Å². The van der Waals surface area contributed by atoms with Gasteiger partial charge >= 0.3 is 0 Å². The highest BCUT2D eigenvalue weighted by Gasteiger charge is 2.20. The van der Waals surface area contributed by atoms with Crippen LogP contribution in [0.3, 0.4) is 0 Å². The Labute approximate surface area is 148 Å². The molecule has 2 aromatic heterocycles. The summed E-state index contributed by atoms with van der Waals surface area (Å²) in [7, 11) is 3.77. The molecular formula is C18H26N6O. The predicted molar refractivity (Wildman–Crippen MR) is 98.7 cm³/mol. The van der Waals surface area contributed by atoms with E-state index in [1.807, 2.05) is 32.6 Å². The average Bonchev–Trinajstić information content (AvgIpc) is 2.87. The van der Waals surface area contributed by atoms with Crippen molar-refractivity contribution in [3.8, 4) is 0 Å². The first kappa shape index (κ1) is 17.6. The van der Waals surface area contributed by atoms with E-state index in [-0.39, 0.29) is 0 Å². The molecule has 7 nitrogen and oxygen atoms in total. The number of anilines is 2. The molecule has 134 valence electrons. The lowest BCUT2D eigenvalue weighted by atomic mass is 10.0. The zero-order valence-electron chi connectivity index (χ0n) is 14.9. The summed E-state index contributed by atoms with van der Waals surface area (Å²) < 4.78 is 5.82. The van der Waals surface area contributed by atoms with E-state index in [1.165, 1.54) is 5.56 Å². The van der Waals surface area contributed by atoms with Crippen molar-refractivity contribution < 1.29 is 4.74 Å². The van der Waals surface area contributed by atoms with E-state index in [2.05, 4.69) is 36.6 Å². The van der Waals surface area contributed by atoms with Crippen LogP contribution in [0.4, 0.5) is 11.6 Å². The summed E-state index contributed by atoms with van der Waals surface area (Å²) in [4.78, 5) is 15.7. The van der Waals surface area contributed by atoms with Gasteiger partial charge in [-0.3, -0.25) is 9.88 Å². The molecule has 1 aliphatic heterocycles. The summed E-state index contributed by atoms with van der Waals surface area (Å²) in [5, 5.41) is 6.21. The minimum Gasteiger partial charge on any atom is -0.380 e. The highest BCUT2D eigenvalue weighted by atomic mass is 16.5. The molecule has 0 aromatic carbocycles. The van der Waals surface area contributed by atoms with E-state index in [0.29, 0.717) is 5.92 Å². The maximum absolute atomic E-state index is 5.82. The minimum absolute atomic E-state index is 0.401. The van der Waals surface area contributed by atoms with Crippen LogP contribution in [-0.2, 0) is 17.7 Å². The van der Waals surface area contributed by atoms with Crippen molar-refractivity contribution in [2.45, 2.75) is 13.0 Å². The molecule has 25 heavy (non-hydrogen) atoms. The molecular weight excluding hydrogens is 316 g/mol. The summed E-state index contributed by atoms with van der Waals surface area (Å²) in [6.45, 7) is 4.29. The smallest absolute Gasteiger partial charge is 0.144 e. The van der Waals surface area contributed by atoms with Gasteiger partial charge in [-0.15, -0.1) is 0 Å². The maximum atomic E-state index is 5.82. The maximum Gasteiger partial charge on any atom is 0.144 e. The molecule has 0 unspecified atom stereocenters. The third-order valence-electron chi connectivity index (χ3n) is 4.38. The van der Waals surface area contributed by atoms with Gasteiger partial charge in [-0.1, -0.05) is 6.07 Å². The van der Waals surface area contributed by atoms with E-state index in [0.717, 1.165) is 56.6 Å². The van der Waals surface area contributed by atoms with Crippen LogP contribution in [0.5, 0.6) is 0 Å². The van der Waals surface area contributed by atoms with Gasteiger partial charge in [0, 0.05) is 57.6 Å². The lowest BCUT2D eigenvalue weighted by Gasteiger charge is -2.24. The van der Waals surface area contributed by atoms with Gasteiger partial charge in [-0.2, -0.15) is 0 Å². The predicted octanol–water partition coefficient (Wildman–Crippen LogP) is 1.65. The van der Waals surface area contributed by atoms with Crippen molar-refractivity contribution in [1.82, 2.24) is 19.9 Å². The average molecular weight is 342 g/mol. The molecule has 0 saturated carbocycles. The molecule has 0 bridgehead atoms. The van der Waals surface area contributed by atoms with Crippen molar-refractivity contribution >= 4 is 11.6 Å². The molecule has 0 aliphatic carbocycles. The number of pyridine rings is 1. The molecule has 0 amide bonds. The Bertz CT molecular complexity index is 680. The summed E-state index contributed by atoms with van der Waals surface area (Å²) in [5.74, 6) is 2.15. The number of nitrogens with zero attached hydrogens (tertiary/aromatic N) is 4. The quantitative estimate of drug-likeness (QED) is 0.826. The van der Waals surface area contributed by atoms with Crippen LogP contribution < -0.4 is 10.6 Å². The second-order valence-electron chi connectivity index (χ2n) is 6.29. The number of hydrogen-bond acceptors (Lipinski definition) is 7. The molecule has 0 radical (unpaired) electrons. The second-order valence-corrected chi connectivity index (χ2v) is 6.29. The van der Waals surface area contributed by atoms with Crippen LogP contribution >= 0.6 is 0 Å². The van der Waals surface area contributed by atoms with Gasteiger partial charge in [0.15, 0.2) is 0 Å². The normalized spacial score (nSPS) is 18.6. The molecule has 1 saturated heterocycles. The van der Waals surface area contributed by atoms with E-state index in [4.69, 9.17) is 4.74 Å². The Hall–Kier alpha value is -2.25. The minimum atomic E-state index is 0.401. The van der Waals surface area contributed by atoms with Gasteiger partial charge in [0.05, 0.1) is 25.1 Å². The van der Waals surface area contributed by atoms with E-state index < -0.39 is 0 Å². The van der Waals surface area contributed by atoms with Crippen molar-refractivity contribution in [2.24, 2.45) is 5.92 Å². The standard InChI is InChI=1S/C18H26N6O/c1-19-17-10-21-9-16(23-17)8-14-11-24(6-7-25-13-14)12-15-4-3-5-22-18(15)20-2/h3-5,9-10,14H,6-8,11-13H2,1-2H3,(H,19,23)(H,20,22)/t14-/m0/s1. The Morgan fingerprint density at radius 1 is 1.28 bits per heavy atom.